The number of aromatic nitrogens is 5. The van der Waals surface area contributed by atoms with Crippen LogP contribution in [0.4, 0.5) is 23.8 Å². The van der Waals surface area contributed by atoms with Crippen molar-refractivity contribution >= 4 is 11.8 Å². The Morgan fingerprint density at radius 1 is 1.06 bits per heavy atom. The topological polar surface area (TPSA) is 103 Å². The number of rotatable bonds is 6. The van der Waals surface area contributed by atoms with Crippen LogP contribution in [0.2, 0.25) is 0 Å². The first kappa shape index (κ1) is 22.3. The summed E-state index contributed by atoms with van der Waals surface area (Å²) in [5.41, 5.74) is -0.627. The Hall–Kier alpha value is -2.92. The third-order valence-electron chi connectivity index (χ3n) is 8.84. The van der Waals surface area contributed by atoms with Crippen LogP contribution in [0.3, 0.4) is 0 Å². The van der Waals surface area contributed by atoms with Crippen LogP contribution < -0.4 is 5.32 Å². The molecule has 0 atom stereocenters. The second kappa shape index (κ2) is 7.55. The molecule has 2 aromatic rings. The van der Waals surface area contributed by atoms with Crippen molar-refractivity contribution in [1.82, 2.24) is 34.9 Å². The molecular formula is C24H29F3N8O. The van der Waals surface area contributed by atoms with Gasteiger partial charge in [0.05, 0.1) is 23.5 Å². The molecule has 2 saturated heterocycles. The van der Waals surface area contributed by atoms with Gasteiger partial charge in [-0.2, -0.15) is 18.3 Å². The van der Waals surface area contributed by atoms with E-state index in [9.17, 15) is 18.0 Å². The second-order valence-electron chi connectivity index (χ2n) is 11.7. The van der Waals surface area contributed by atoms with Crippen molar-refractivity contribution < 1.29 is 18.0 Å². The fourth-order valence-corrected chi connectivity index (χ4v) is 5.97. The predicted octanol–water partition coefficient (Wildman–Crippen LogP) is 3.63. The van der Waals surface area contributed by atoms with Crippen LogP contribution in [-0.4, -0.2) is 79.9 Å². The van der Waals surface area contributed by atoms with Crippen molar-refractivity contribution in [2.75, 3.05) is 38.0 Å². The summed E-state index contributed by atoms with van der Waals surface area (Å²) >= 11 is 0. The standard InChI is InChI=1S/C24H29F3N8O/c25-24(26,27)23(3-4-23)11-30-18-8-28-17(7-29-18)16-9-34(10-16)21(36)35-12-22(13-35)5-15(6-22)20-31-19(32-33-20)14-1-2-14/h7-8,14-16H,1-6,9-13H2,(H,29,30)(H,31,32,33). The number of hydrogen-bond donors (Lipinski definition) is 2. The summed E-state index contributed by atoms with van der Waals surface area (Å²) in [6.45, 7) is 2.59. The Morgan fingerprint density at radius 3 is 2.42 bits per heavy atom. The van der Waals surface area contributed by atoms with Crippen molar-refractivity contribution in [1.29, 1.82) is 0 Å². The highest BCUT2D eigenvalue weighted by Crippen LogP contribution is 2.57. The van der Waals surface area contributed by atoms with E-state index < -0.39 is 11.6 Å². The van der Waals surface area contributed by atoms with Crippen LogP contribution in [0.5, 0.6) is 0 Å². The Kier molecular flexibility index (Phi) is 4.67. The fourth-order valence-electron chi connectivity index (χ4n) is 5.97. The highest BCUT2D eigenvalue weighted by molar-refractivity contribution is 5.77. The summed E-state index contributed by atoms with van der Waals surface area (Å²) in [7, 11) is 0. The molecule has 0 bridgehead atoms. The number of halogens is 3. The molecule has 5 fully saturated rings. The maximum Gasteiger partial charge on any atom is 0.396 e. The zero-order chi connectivity index (χ0) is 24.7. The molecule has 0 aromatic carbocycles. The molecule has 36 heavy (non-hydrogen) atoms. The highest BCUT2D eigenvalue weighted by Gasteiger charge is 2.63. The van der Waals surface area contributed by atoms with Crippen molar-refractivity contribution in [3.63, 3.8) is 0 Å². The summed E-state index contributed by atoms with van der Waals surface area (Å²) in [6.07, 6.45) is 3.71. The minimum Gasteiger partial charge on any atom is -0.368 e. The number of carbonyl (C=O) groups excluding carboxylic acids is 1. The SMILES string of the molecule is O=C(N1CC(c2cnc(NCC3(C(F)(F)F)CC3)cn2)C1)N1CC2(CC(c3n[nH]c(C4CC4)n3)C2)C1. The minimum absolute atomic E-state index is 0.0716. The Labute approximate surface area is 206 Å². The lowest BCUT2D eigenvalue weighted by Gasteiger charge is -2.59. The quantitative estimate of drug-likeness (QED) is 0.626. The first-order chi connectivity index (χ1) is 17.2. The van der Waals surface area contributed by atoms with E-state index in [4.69, 9.17) is 0 Å². The molecule has 3 aliphatic carbocycles. The summed E-state index contributed by atoms with van der Waals surface area (Å²) in [5, 5.41) is 10.3. The van der Waals surface area contributed by atoms with E-state index in [1.165, 1.54) is 19.0 Å². The monoisotopic (exact) mass is 502 g/mol. The minimum atomic E-state index is -4.19. The van der Waals surface area contributed by atoms with Gasteiger partial charge in [-0.25, -0.2) is 14.8 Å². The van der Waals surface area contributed by atoms with Crippen LogP contribution >= 0.6 is 0 Å². The summed E-state index contributed by atoms with van der Waals surface area (Å²) in [5.74, 6) is 3.41. The Balaban J connectivity index is 0.851. The Bertz CT molecular complexity index is 1150. The molecule has 2 N–H and O–H groups in total. The zero-order valence-electron chi connectivity index (χ0n) is 19.9. The molecule has 1 spiro atoms. The molecule has 5 aliphatic rings. The molecule has 9 nitrogen and oxygen atoms in total. The molecule has 2 amide bonds. The number of alkyl halides is 3. The van der Waals surface area contributed by atoms with Crippen molar-refractivity contribution in [3.8, 4) is 0 Å². The summed E-state index contributed by atoms with van der Waals surface area (Å²) in [6, 6.07) is 0.0716. The van der Waals surface area contributed by atoms with E-state index in [2.05, 4.69) is 30.5 Å². The molecule has 2 aliphatic heterocycles. The maximum atomic E-state index is 13.1. The smallest absolute Gasteiger partial charge is 0.368 e. The lowest BCUT2D eigenvalue weighted by Crippen LogP contribution is -2.67. The van der Waals surface area contributed by atoms with E-state index in [0.717, 1.165) is 43.3 Å². The van der Waals surface area contributed by atoms with Crippen molar-refractivity contribution in [2.24, 2.45) is 10.8 Å². The third-order valence-corrected chi connectivity index (χ3v) is 8.84. The van der Waals surface area contributed by atoms with Crippen LogP contribution in [0.25, 0.3) is 0 Å². The fraction of sp³-hybridized carbons (Fsp3) is 0.708. The number of likely N-dealkylation sites (tertiary alicyclic amines) is 2. The van der Waals surface area contributed by atoms with Gasteiger partial charge in [-0.3, -0.25) is 10.1 Å². The van der Waals surface area contributed by atoms with Gasteiger partial charge in [0.1, 0.15) is 11.6 Å². The number of nitrogens with zero attached hydrogens (tertiary/aromatic N) is 6. The average Bonchev–Trinajstić information content (AvgIpc) is 3.68. The predicted molar refractivity (Wildman–Crippen MR) is 122 cm³/mol. The maximum absolute atomic E-state index is 13.1. The molecule has 7 rings (SSSR count). The van der Waals surface area contributed by atoms with Crippen LogP contribution in [0.1, 0.15) is 73.6 Å². The molecule has 192 valence electrons. The van der Waals surface area contributed by atoms with Gasteiger partial charge in [-0.1, -0.05) is 0 Å². The molecule has 3 saturated carbocycles. The summed E-state index contributed by atoms with van der Waals surface area (Å²) in [4.78, 5) is 29.9. The molecule has 4 heterocycles. The Morgan fingerprint density at radius 2 is 1.81 bits per heavy atom. The highest BCUT2D eigenvalue weighted by atomic mass is 19.4. The summed E-state index contributed by atoms with van der Waals surface area (Å²) < 4.78 is 39.2. The van der Waals surface area contributed by atoms with Gasteiger partial charge in [0.15, 0.2) is 5.82 Å². The number of urea groups is 1. The lowest BCUT2D eigenvalue weighted by molar-refractivity contribution is -0.182. The number of carbonyl (C=O) groups is 1. The van der Waals surface area contributed by atoms with E-state index in [1.807, 2.05) is 9.80 Å². The number of anilines is 1. The lowest BCUT2D eigenvalue weighted by atomic mass is 9.57. The number of H-pyrrole nitrogens is 1. The van der Waals surface area contributed by atoms with Gasteiger partial charge in [0.2, 0.25) is 0 Å². The average molecular weight is 503 g/mol. The van der Waals surface area contributed by atoms with Gasteiger partial charge < -0.3 is 15.1 Å². The molecule has 0 radical (unpaired) electrons. The largest absolute Gasteiger partial charge is 0.396 e. The van der Waals surface area contributed by atoms with Crippen LogP contribution in [0.15, 0.2) is 12.4 Å². The molecule has 0 unspecified atom stereocenters. The normalized spacial score (nSPS) is 24.8. The number of hydrogen-bond acceptors (Lipinski definition) is 6. The van der Waals surface area contributed by atoms with Gasteiger partial charge in [0, 0.05) is 55.9 Å². The van der Waals surface area contributed by atoms with Gasteiger partial charge in [0.25, 0.3) is 0 Å². The first-order valence-corrected chi connectivity index (χ1v) is 12.8. The van der Waals surface area contributed by atoms with Crippen LogP contribution in [-0.2, 0) is 0 Å². The molecule has 12 heteroatoms. The van der Waals surface area contributed by atoms with E-state index in [-0.39, 0.29) is 36.8 Å². The van der Waals surface area contributed by atoms with Gasteiger partial charge in [-0.15, -0.1) is 0 Å². The number of aromatic amines is 1. The van der Waals surface area contributed by atoms with Gasteiger partial charge in [-0.05, 0) is 38.5 Å². The number of amides is 2. The van der Waals surface area contributed by atoms with Crippen molar-refractivity contribution in [2.45, 2.75) is 62.5 Å². The van der Waals surface area contributed by atoms with Gasteiger partial charge >= 0.3 is 12.2 Å². The van der Waals surface area contributed by atoms with E-state index in [0.29, 0.717) is 30.7 Å². The second-order valence-corrected chi connectivity index (χ2v) is 11.7. The third kappa shape index (κ3) is 3.71. The first-order valence-electron chi connectivity index (χ1n) is 12.8. The van der Waals surface area contributed by atoms with Crippen LogP contribution in [0, 0.1) is 10.8 Å². The zero-order valence-corrected chi connectivity index (χ0v) is 19.9. The van der Waals surface area contributed by atoms with E-state index >= 15 is 0 Å². The molecular weight excluding hydrogens is 473 g/mol. The number of nitrogens with one attached hydrogen (secondary N) is 2. The van der Waals surface area contributed by atoms with Crippen molar-refractivity contribution in [3.05, 3.63) is 29.7 Å². The van der Waals surface area contributed by atoms with E-state index in [1.54, 1.807) is 6.20 Å². The molecule has 2 aromatic heterocycles.